The summed E-state index contributed by atoms with van der Waals surface area (Å²) in [5.74, 6) is 0. The van der Waals surface area contributed by atoms with Crippen molar-refractivity contribution in [2.24, 2.45) is 5.73 Å². The Bertz CT molecular complexity index is 506. The van der Waals surface area contributed by atoms with E-state index in [0.29, 0.717) is 0 Å². The Balaban J connectivity index is 2.33. The van der Waals surface area contributed by atoms with Crippen LogP contribution in [-0.2, 0) is 6.54 Å². The second-order valence-corrected chi connectivity index (χ2v) is 4.05. The van der Waals surface area contributed by atoms with Crippen LogP contribution in [0.1, 0.15) is 18.1 Å². The topological polar surface area (TPSA) is 64.1 Å². The van der Waals surface area contributed by atoms with Crippen LogP contribution in [-0.4, -0.2) is 20.7 Å². The largest absolute Gasteiger partial charge is 0.387 e. The summed E-state index contributed by atoms with van der Waals surface area (Å²) in [5.41, 5.74) is 8.76. The van der Waals surface area contributed by atoms with Gasteiger partial charge in [-0.2, -0.15) is 0 Å². The van der Waals surface area contributed by atoms with Gasteiger partial charge >= 0.3 is 0 Å². The zero-order chi connectivity index (χ0) is 10.4. The fourth-order valence-electron chi connectivity index (χ4n) is 2.24. The predicted octanol–water partition coefficient (Wildman–Crippen LogP) is 0.801. The first-order valence-corrected chi connectivity index (χ1v) is 5.15. The molecule has 0 unspecified atom stereocenters. The third-order valence-corrected chi connectivity index (χ3v) is 3.10. The summed E-state index contributed by atoms with van der Waals surface area (Å²) in [5, 5.41) is 10.1. The molecule has 2 atom stereocenters. The van der Waals surface area contributed by atoms with Crippen LogP contribution < -0.4 is 5.73 Å². The summed E-state index contributed by atoms with van der Waals surface area (Å²) in [7, 11) is 0. The molecule has 4 nitrogen and oxygen atoms in total. The van der Waals surface area contributed by atoms with E-state index in [4.69, 9.17) is 5.73 Å². The second kappa shape index (κ2) is 3.05. The lowest BCUT2D eigenvalue weighted by Crippen LogP contribution is -2.27. The molecule has 15 heavy (non-hydrogen) atoms. The number of imidazole rings is 1. The number of aliphatic hydroxyl groups is 1. The van der Waals surface area contributed by atoms with Gasteiger partial charge in [-0.15, -0.1) is 0 Å². The van der Waals surface area contributed by atoms with E-state index >= 15 is 0 Å². The number of hydrogen-bond donors (Lipinski definition) is 2. The first-order valence-electron chi connectivity index (χ1n) is 5.15. The molecule has 3 rings (SSSR count). The minimum Gasteiger partial charge on any atom is -0.387 e. The van der Waals surface area contributed by atoms with Crippen molar-refractivity contribution in [1.29, 1.82) is 0 Å². The molecule has 0 radical (unpaired) electrons. The number of nitrogens with zero attached hydrogens (tertiary/aromatic N) is 2. The Kier molecular flexibility index (Phi) is 1.81. The maximum Gasteiger partial charge on any atom is 0.0962 e. The van der Waals surface area contributed by atoms with Crippen molar-refractivity contribution < 1.29 is 5.11 Å². The average molecular weight is 203 g/mol. The van der Waals surface area contributed by atoms with Gasteiger partial charge < -0.3 is 15.4 Å². The molecule has 4 heteroatoms. The SMILES string of the molecule is N[C@@H]1CCn2cnc3cccc(c32)[C@H]1O. The Hall–Kier alpha value is -1.39. The molecular weight excluding hydrogens is 190 g/mol. The number of para-hydroxylation sites is 1. The van der Waals surface area contributed by atoms with Crippen LogP contribution in [0.2, 0.25) is 0 Å². The van der Waals surface area contributed by atoms with Crippen LogP contribution in [0.4, 0.5) is 0 Å². The average Bonchev–Trinajstić information content (AvgIpc) is 2.62. The Morgan fingerprint density at radius 2 is 2.33 bits per heavy atom. The van der Waals surface area contributed by atoms with Crippen molar-refractivity contribution in [2.45, 2.75) is 25.1 Å². The first kappa shape index (κ1) is 8.88. The van der Waals surface area contributed by atoms with Crippen LogP contribution in [0.3, 0.4) is 0 Å². The van der Waals surface area contributed by atoms with Crippen LogP contribution in [0, 0.1) is 0 Å². The number of aromatic nitrogens is 2. The molecule has 1 aromatic heterocycles. The third kappa shape index (κ3) is 1.19. The van der Waals surface area contributed by atoms with Crippen LogP contribution >= 0.6 is 0 Å². The summed E-state index contributed by atoms with van der Waals surface area (Å²) in [4.78, 5) is 4.30. The number of aliphatic hydroxyl groups excluding tert-OH is 1. The summed E-state index contributed by atoms with van der Waals surface area (Å²) in [6, 6.07) is 5.61. The monoisotopic (exact) mass is 203 g/mol. The molecule has 0 saturated carbocycles. The summed E-state index contributed by atoms with van der Waals surface area (Å²) in [6.07, 6.45) is 2.02. The molecular formula is C11H13N3O. The lowest BCUT2D eigenvalue weighted by molar-refractivity contribution is 0.144. The molecule has 0 saturated heterocycles. The van der Waals surface area contributed by atoms with E-state index in [2.05, 4.69) is 9.55 Å². The van der Waals surface area contributed by atoms with E-state index in [9.17, 15) is 5.11 Å². The Morgan fingerprint density at radius 1 is 1.47 bits per heavy atom. The summed E-state index contributed by atoms with van der Waals surface area (Å²) in [6.45, 7) is 0.825. The lowest BCUT2D eigenvalue weighted by Gasteiger charge is -2.15. The van der Waals surface area contributed by atoms with Gasteiger partial charge in [-0.05, 0) is 12.5 Å². The zero-order valence-corrected chi connectivity index (χ0v) is 8.30. The highest BCUT2D eigenvalue weighted by molar-refractivity contribution is 5.79. The minimum absolute atomic E-state index is 0.185. The van der Waals surface area contributed by atoms with Gasteiger partial charge in [0.25, 0.3) is 0 Å². The van der Waals surface area contributed by atoms with Gasteiger partial charge in [0.05, 0.1) is 23.5 Å². The molecule has 0 bridgehead atoms. The standard InChI is InChI=1S/C11H13N3O/c12-8-4-5-14-6-13-9-3-1-2-7(10(9)14)11(8)15/h1-3,6,8,11,15H,4-5,12H2/t8-,11-/m1/s1. The second-order valence-electron chi connectivity index (χ2n) is 4.05. The smallest absolute Gasteiger partial charge is 0.0962 e. The summed E-state index contributed by atoms with van der Waals surface area (Å²) >= 11 is 0. The maximum atomic E-state index is 10.1. The van der Waals surface area contributed by atoms with Crippen molar-refractivity contribution in [1.82, 2.24) is 9.55 Å². The van der Waals surface area contributed by atoms with Crippen molar-refractivity contribution in [3.8, 4) is 0 Å². The van der Waals surface area contributed by atoms with Crippen molar-refractivity contribution in [3.63, 3.8) is 0 Å². The molecule has 1 aromatic carbocycles. The highest BCUT2D eigenvalue weighted by atomic mass is 16.3. The minimum atomic E-state index is -0.577. The van der Waals surface area contributed by atoms with Crippen LogP contribution in [0.5, 0.6) is 0 Å². The van der Waals surface area contributed by atoms with E-state index in [1.54, 1.807) is 0 Å². The highest BCUT2D eigenvalue weighted by Crippen LogP contribution is 2.29. The van der Waals surface area contributed by atoms with E-state index in [1.165, 1.54) is 0 Å². The van der Waals surface area contributed by atoms with Gasteiger partial charge in [0.2, 0.25) is 0 Å². The van der Waals surface area contributed by atoms with Crippen LogP contribution in [0.15, 0.2) is 24.5 Å². The number of hydrogen-bond acceptors (Lipinski definition) is 3. The Labute approximate surface area is 87.3 Å². The van der Waals surface area contributed by atoms with Gasteiger partial charge in [0.15, 0.2) is 0 Å². The molecule has 2 heterocycles. The third-order valence-electron chi connectivity index (χ3n) is 3.10. The fraction of sp³-hybridized carbons (Fsp3) is 0.364. The quantitative estimate of drug-likeness (QED) is 0.665. The zero-order valence-electron chi connectivity index (χ0n) is 8.30. The van der Waals surface area contributed by atoms with E-state index in [-0.39, 0.29) is 6.04 Å². The van der Waals surface area contributed by atoms with E-state index < -0.39 is 6.10 Å². The normalized spacial score (nSPS) is 25.5. The highest BCUT2D eigenvalue weighted by Gasteiger charge is 2.24. The number of rotatable bonds is 0. The van der Waals surface area contributed by atoms with E-state index in [0.717, 1.165) is 29.6 Å². The number of benzene rings is 1. The van der Waals surface area contributed by atoms with Gasteiger partial charge in [-0.25, -0.2) is 4.98 Å². The molecule has 0 amide bonds. The van der Waals surface area contributed by atoms with Gasteiger partial charge in [-0.3, -0.25) is 0 Å². The van der Waals surface area contributed by atoms with Crippen LogP contribution in [0.25, 0.3) is 11.0 Å². The molecule has 2 aromatic rings. The van der Waals surface area contributed by atoms with Gasteiger partial charge in [-0.1, -0.05) is 12.1 Å². The van der Waals surface area contributed by atoms with Crippen molar-refractivity contribution in [3.05, 3.63) is 30.1 Å². The summed E-state index contributed by atoms with van der Waals surface area (Å²) < 4.78 is 2.07. The van der Waals surface area contributed by atoms with E-state index in [1.807, 2.05) is 24.5 Å². The number of nitrogens with two attached hydrogens (primary N) is 1. The van der Waals surface area contributed by atoms with Gasteiger partial charge in [0.1, 0.15) is 0 Å². The first-order chi connectivity index (χ1) is 7.27. The lowest BCUT2D eigenvalue weighted by atomic mass is 10.0. The van der Waals surface area contributed by atoms with Crippen molar-refractivity contribution >= 4 is 11.0 Å². The predicted molar refractivity (Wildman–Crippen MR) is 57.3 cm³/mol. The maximum absolute atomic E-state index is 10.1. The molecule has 0 aliphatic carbocycles. The molecule has 78 valence electrons. The number of aryl methyl sites for hydroxylation is 1. The van der Waals surface area contributed by atoms with Crippen molar-refractivity contribution in [2.75, 3.05) is 0 Å². The molecule has 1 aliphatic rings. The molecule has 1 aliphatic heterocycles. The Morgan fingerprint density at radius 3 is 3.20 bits per heavy atom. The molecule has 0 fully saturated rings. The molecule has 3 N–H and O–H groups in total. The molecule has 0 spiro atoms. The fourth-order valence-corrected chi connectivity index (χ4v) is 2.24. The van der Waals surface area contributed by atoms with Gasteiger partial charge in [0, 0.05) is 18.2 Å².